The molecule has 0 saturated carbocycles. The third-order valence-electron chi connectivity index (χ3n) is 5.16. The summed E-state index contributed by atoms with van der Waals surface area (Å²) < 4.78 is 0. The lowest BCUT2D eigenvalue weighted by atomic mass is 9.84. The molecule has 2 aliphatic rings. The second-order valence-electron chi connectivity index (χ2n) is 6.68. The Hall–Kier alpha value is -1.10. The van der Waals surface area contributed by atoms with Crippen LogP contribution >= 0.6 is 0 Å². The molecule has 3 N–H and O–H groups in total. The van der Waals surface area contributed by atoms with Gasteiger partial charge in [-0.15, -0.1) is 0 Å². The van der Waals surface area contributed by atoms with E-state index in [4.69, 9.17) is 5.73 Å². The van der Waals surface area contributed by atoms with Gasteiger partial charge < -0.3 is 20.6 Å². The van der Waals surface area contributed by atoms with Crippen LogP contribution in [-0.4, -0.2) is 54.2 Å². The Morgan fingerprint density at radius 3 is 3.00 bits per heavy atom. The quantitative estimate of drug-likeness (QED) is 0.832. The van der Waals surface area contributed by atoms with E-state index in [1.807, 2.05) is 24.3 Å². The number of aliphatic hydroxyl groups is 1. The first kappa shape index (κ1) is 14.8. The molecule has 4 heteroatoms. The predicted octanol–water partition coefficient (Wildman–Crippen LogP) is 1.72. The lowest BCUT2D eigenvalue weighted by molar-refractivity contribution is 0.0174. The Morgan fingerprint density at radius 2 is 2.19 bits per heavy atom. The van der Waals surface area contributed by atoms with Gasteiger partial charge in [-0.25, -0.2) is 0 Å². The van der Waals surface area contributed by atoms with E-state index >= 15 is 0 Å². The van der Waals surface area contributed by atoms with Crippen LogP contribution in [0.5, 0.6) is 0 Å². The molecule has 2 fully saturated rings. The number of anilines is 1. The molecule has 3 atom stereocenters. The molecule has 4 nitrogen and oxygen atoms in total. The van der Waals surface area contributed by atoms with Crippen molar-refractivity contribution in [3.05, 3.63) is 29.8 Å². The van der Waals surface area contributed by atoms with Gasteiger partial charge in [-0.1, -0.05) is 12.1 Å². The van der Waals surface area contributed by atoms with Crippen molar-refractivity contribution in [3.8, 4) is 0 Å². The fourth-order valence-corrected chi connectivity index (χ4v) is 4.01. The number of hydrogen-bond acceptors (Lipinski definition) is 4. The van der Waals surface area contributed by atoms with E-state index in [0.29, 0.717) is 0 Å². The minimum Gasteiger partial charge on any atom is -0.399 e. The Labute approximate surface area is 127 Å². The maximum Gasteiger partial charge on any atom is 0.0917 e. The van der Waals surface area contributed by atoms with Crippen molar-refractivity contribution in [1.82, 2.24) is 9.80 Å². The summed E-state index contributed by atoms with van der Waals surface area (Å²) in [6.07, 6.45) is 3.43. The van der Waals surface area contributed by atoms with Crippen molar-refractivity contribution in [2.24, 2.45) is 5.92 Å². The van der Waals surface area contributed by atoms with Crippen LogP contribution in [0.3, 0.4) is 0 Å². The first-order valence-electron chi connectivity index (χ1n) is 8.09. The normalized spacial score (nSPS) is 29.0. The van der Waals surface area contributed by atoms with Gasteiger partial charge in [0.25, 0.3) is 0 Å². The maximum atomic E-state index is 10.4. The van der Waals surface area contributed by atoms with Crippen LogP contribution < -0.4 is 5.73 Å². The summed E-state index contributed by atoms with van der Waals surface area (Å²) in [7, 11) is 2.26. The Kier molecular flexibility index (Phi) is 4.48. The number of benzene rings is 1. The van der Waals surface area contributed by atoms with Crippen molar-refractivity contribution in [2.45, 2.75) is 31.4 Å². The van der Waals surface area contributed by atoms with Crippen molar-refractivity contribution >= 4 is 5.69 Å². The van der Waals surface area contributed by atoms with E-state index < -0.39 is 6.10 Å². The zero-order chi connectivity index (χ0) is 14.8. The number of β-amino-alcohol motifs (C(OH)–C–C–N with tert-alkyl or cyclic N) is 1. The molecule has 0 aliphatic carbocycles. The minimum absolute atomic E-state index is 0.439. The standard InChI is InChI=1S/C17H27N3O/c1-19-8-3-5-14-11-20(9-7-16(14)19)12-17(21)13-4-2-6-15(18)10-13/h2,4,6,10,14,16-17,21H,3,5,7-9,11-12,18H2,1H3. The number of piperidine rings is 2. The van der Waals surface area contributed by atoms with Gasteiger partial charge >= 0.3 is 0 Å². The van der Waals surface area contributed by atoms with Gasteiger partial charge in [0.05, 0.1) is 6.10 Å². The van der Waals surface area contributed by atoms with Crippen LogP contribution in [0.25, 0.3) is 0 Å². The molecule has 2 heterocycles. The second kappa shape index (κ2) is 6.34. The van der Waals surface area contributed by atoms with Gasteiger partial charge in [-0.2, -0.15) is 0 Å². The Balaban J connectivity index is 1.59. The van der Waals surface area contributed by atoms with E-state index in [9.17, 15) is 5.11 Å². The Bertz CT molecular complexity index is 479. The number of aliphatic hydroxyl groups excluding tert-OH is 1. The summed E-state index contributed by atoms with van der Waals surface area (Å²) in [6.45, 7) is 4.17. The van der Waals surface area contributed by atoms with Gasteiger partial charge in [0, 0.05) is 24.8 Å². The van der Waals surface area contributed by atoms with E-state index in [1.165, 1.54) is 25.8 Å². The summed E-state index contributed by atoms with van der Waals surface area (Å²) >= 11 is 0. The highest BCUT2D eigenvalue weighted by Crippen LogP contribution is 2.30. The van der Waals surface area contributed by atoms with E-state index in [1.54, 1.807) is 0 Å². The minimum atomic E-state index is -0.439. The highest BCUT2D eigenvalue weighted by Gasteiger charge is 2.34. The molecular formula is C17H27N3O. The molecule has 2 aliphatic heterocycles. The smallest absolute Gasteiger partial charge is 0.0917 e. The fraction of sp³-hybridized carbons (Fsp3) is 0.647. The molecule has 2 saturated heterocycles. The third kappa shape index (κ3) is 3.39. The predicted molar refractivity (Wildman–Crippen MR) is 86.0 cm³/mol. The molecule has 0 amide bonds. The zero-order valence-corrected chi connectivity index (χ0v) is 12.9. The molecule has 1 aromatic rings. The van der Waals surface area contributed by atoms with Crippen molar-refractivity contribution in [2.75, 3.05) is 39.0 Å². The molecule has 1 aromatic carbocycles. The van der Waals surface area contributed by atoms with Gasteiger partial charge in [-0.3, -0.25) is 0 Å². The summed E-state index contributed by atoms with van der Waals surface area (Å²) in [6, 6.07) is 8.36. The summed E-state index contributed by atoms with van der Waals surface area (Å²) in [4.78, 5) is 4.95. The average Bonchev–Trinajstić information content (AvgIpc) is 2.47. The summed E-state index contributed by atoms with van der Waals surface area (Å²) in [5, 5.41) is 10.4. The zero-order valence-electron chi connectivity index (χ0n) is 12.9. The van der Waals surface area contributed by atoms with Crippen LogP contribution in [0.15, 0.2) is 24.3 Å². The second-order valence-corrected chi connectivity index (χ2v) is 6.68. The first-order chi connectivity index (χ1) is 10.1. The van der Waals surface area contributed by atoms with Gasteiger partial charge in [-0.05, 0) is 63.0 Å². The number of hydrogen-bond donors (Lipinski definition) is 2. The largest absolute Gasteiger partial charge is 0.399 e. The number of rotatable bonds is 3. The lowest BCUT2D eigenvalue weighted by Gasteiger charge is -2.46. The highest BCUT2D eigenvalue weighted by atomic mass is 16.3. The molecule has 0 bridgehead atoms. The van der Waals surface area contributed by atoms with Gasteiger partial charge in [0.15, 0.2) is 0 Å². The molecule has 116 valence electrons. The molecule has 0 spiro atoms. The Morgan fingerprint density at radius 1 is 1.33 bits per heavy atom. The number of nitrogen functional groups attached to an aromatic ring is 1. The molecular weight excluding hydrogens is 262 g/mol. The lowest BCUT2D eigenvalue weighted by Crippen LogP contribution is -2.53. The monoisotopic (exact) mass is 289 g/mol. The van der Waals surface area contributed by atoms with Crippen molar-refractivity contribution < 1.29 is 5.11 Å². The van der Waals surface area contributed by atoms with Crippen LogP contribution in [0, 0.1) is 5.92 Å². The van der Waals surface area contributed by atoms with E-state index in [-0.39, 0.29) is 0 Å². The maximum absolute atomic E-state index is 10.4. The first-order valence-corrected chi connectivity index (χ1v) is 8.09. The number of fused-ring (bicyclic) bond motifs is 1. The van der Waals surface area contributed by atoms with Gasteiger partial charge in [0.2, 0.25) is 0 Å². The molecule has 0 radical (unpaired) electrons. The SMILES string of the molecule is CN1CCCC2CN(CC(O)c3cccc(N)c3)CCC21. The van der Waals surface area contributed by atoms with Crippen LogP contribution in [0.4, 0.5) is 5.69 Å². The average molecular weight is 289 g/mol. The van der Waals surface area contributed by atoms with Crippen LogP contribution in [0.1, 0.15) is 30.9 Å². The van der Waals surface area contributed by atoms with Crippen molar-refractivity contribution in [1.29, 1.82) is 0 Å². The fourth-order valence-electron chi connectivity index (χ4n) is 4.01. The van der Waals surface area contributed by atoms with Crippen LogP contribution in [-0.2, 0) is 0 Å². The topological polar surface area (TPSA) is 52.7 Å². The van der Waals surface area contributed by atoms with E-state index in [2.05, 4.69) is 16.8 Å². The van der Waals surface area contributed by atoms with Gasteiger partial charge in [0.1, 0.15) is 0 Å². The number of nitrogens with two attached hydrogens (primary N) is 1. The van der Waals surface area contributed by atoms with E-state index in [0.717, 1.165) is 42.8 Å². The third-order valence-corrected chi connectivity index (χ3v) is 5.16. The number of likely N-dealkylation sites (tertiary alicyclic amines) is 2. The molecule has 3 unspecified atom stereocenters. The number of nitrogens with zero attached hydrogens (tertiary/aromatic N) is 2. The molecule has 0 aromatic heterocycles. The summed E-state index contributed by atoms with van der Waals surface area (Å²) in [5.41, 5.74) is 7.45. The molecule has 21 heavy (non-hydrogen) atoms. The van der Waals surface area contributed by atoms with Crippen molar-refractivity contribution in [3.63, 3.8) is 0 Å². The van der Waals surface area contributed by atoms with Crippen LogP contribution in [0.2, 0.25) is 0 Å². The highest BCUT2D eigenvalue weighted by molar-refractivity contribution is 5.41. The molecule has 3 rings (SSSR count). The summed E-state index contributed by atoms with van der Waals surface area (Å²) in [5.74, 6) is 0.769.